The van der Waals surface area contributed by atoms with Gasteiger partial charge in [0.2, 0.25) is 5.91 Å². The van der Waals surface area contributed by atoms with Crippen molar-refractivity contribution in [1.29, 1.82) is 0 Å². The number of nitrogens with two attached hydrogens (primary N) is 2. The minimum atomic E-state index is -0.765. The number of carbonyl (C=O) groups excluding carboxylic acids is 1. The normalized spacial score (nSPS) is 13.0. The summed E-state index contributed by atoms with van der Waals surface area (Å²) < 4.78 is 0. The fourth-order valence-corrected chi connectivity index (χ4v) is 0.670. The summed E-state index contributed by atoms with van der Waals surface area (Å²) in [7, 11) is 0. The molecule has 0 aliphatic carbocycles. The van der Waals surface area contributed by atoms with E-state index in [1.54, 1.807) is 12.2 Å². The van der Waals surface area contributed by atoms with Crippen LogP contribution < -0.4 is 11.5 Å². The van der Waals surface area contributed by atoms with Gasteiger partial charge in [0, 0.05) is 0 Å². The Labute approximate surface area is 86.2 Å². The standard InChI is InChI=1S/C9H14N2O.C2H6/c1-3-5-6-7(4-2)8(10)9(11)12;1-2/h3-6,8H,2,10H2,1H3,(H2,11,12);1-2H3/b5-3-,7-6+;. The van der Waals surface area contributed by atoms with Crippen LogP contribution in [0.3, 0.4) is 0 Å². The molecule has 0 aromatic rings. The van der Waals surface area contributed by atoms with E-state index >= 15 is 0 Å². The second-order valence-corrected chi connectivity index (χ2v) is 2.28. The van der Waals surface area contributed by atoms with Gasteiger partial charge in [0.05, 0.1) is 0 Å². The minimum absolute atomic E-state index is 0.550. The average Bonchev–Trinajstić information content (AvgIpc) is 2.21. The van der Waals surface area contributed by atoms with Crippen molar-refractivity contribution in [2.24, 2.45) is 11.5 Å². The summed E-state index contributed by atoms with van der Waals surface area (Å²) in [5.41, 5.74) is 11.1. The van der Waals surface area contributed by atoms with Crippen LogP contribution in [0.5, 0.6) is 0 Å². The van der Waals surface area contributed by atoms with Crippen LogP contribution in [0.25, 0.3) is 0 Å². The molecule has 0 saturated heterocycles. The summed E-state index contributed by atoms with van der Waals surface area (Å²) in [6.07, 6.45) is 6.84. The van der Waals surface area contributed by atoms with Crippen molar-refractivity contribution in [3.05, 3.63) is 36.5 Å². The van der Waals surface area contributed by atoms with Crippen molar-refractivity contribution in [3.63, 3.8) is 0 Å². The van der Waals surface area contributed by atoms with E-state index in [1.807, 2.05) is 26.8 Å². The van der Waals surface area contributed by atoms with Gasteiger partial charge in [-0.15, -0.1) is 0 Å². The molecule has 0 saturated carbocycles. The molecule has 3 nitrogen and oxygen atoms in total. The molecule has 0 bridgehead atoms. The molecule has 0 heterocycles. The summed E-state index contributed by atoms with van der Waals surface area (Å²) >= 11 is 0. The fraction of sp³-hybridized carbons (Fsp3) is 0.364. The first-order valence-corrected chi connectivity index (χ1v) is 4.63. The van der Waals surface area contributed by atoms with E-state index in [0.29, 0.717) is 5.57 Å². The lowest BCUT2D eigenvalue weighted by atomic mass is 10.1. The Bertz CT molecular complexity index is 229. The molecule has 1 atom stereocenters. The van der Waals surface area contributed by atoms with Crippen LogP contribution in [0.4, 0.5) is 0 Å². The fourth-order valence-electron chi connectivity index (χ4n) is 0.670. The number of amides is 1. The van der Waals surface area contributed by atoms with Crippen molar-refractivity contribution in [2.45, 2.75) is 26.8 Å². The molecule has 14 heavy (non-hydrogen) atoms. The lowest BCUT2D eigenvalue weighted by molar-refractivity contribution is -0.118. The molecule has 0 aromatic carbocycles. The van der Waals surface area contributed by atoms with Crippen LogP contribution in [0.1, 0.15) is 20.8 Å². The molecule has 3 heteroatoms. The van der Waals surface area contributed by atoms with Gasteiger partial charge in [-0.25, -0.2) is 0 Å². The van der Waals surface area contributed by atoms with Crippen molar-refractivity contribution in [1.82, 2.24) is 0 Å². The smallest absolute Gasteiger partial charge is 0.238 e. The molecule has 1 amide bonds. The van der Waals surface area contributed by atoms with Crippen LogP contribution in [-0.4, -0.2) is 11.9 Å². The highest BCUT2D eigenvalue weighted by atomic mass is 16.1. The van der Waals surface area contributed by atoms with Crippen molar-refractivity contribution >= 4 is 5.91 Å². The Morgan fingerprint density at radius 2 is 1.93 bits per heavy atom. The maximum Gasteiger partial charge on any atom is 0.238 e. The van der Waals surface area contributed by atoms with Gasteiger partial charge >= 0.3 is 0 Å². The zero-order valence-electron chi connectivity index (χ0n) is 9.16. The van der Waals surface area contributed by atoms with Crippen LogP contribution >= 0.6 is 0 Å². The van der Waals surface area contributed by atoms with Gasteiger partial charge in [-0.05, 0) is 12.5 Å². The monoisotopic (exact) mass is 196 g/mol. The highest BCUT2D eigenvalue weighted by Crippen LogP contribution is 2.00. The van der Waals surface area contributed by atoms with Gasteiger partial charge in [-0.3, -0.25) is 4.79 Å². The molecule has 0 rings (SSSR count). The van der Waals surface area contributed by atoms with Crippen LogP contribution in [-0.2, 0) is 4.79 Å². The quantitative estimate of drug-likeness (QED) is 0.669. The van der Waals surface area contributed by atoms with E-state index < -0.39 is 11.9 Å². The maximum absolute atomic E-state index is 10.6. The van der Waals surface area contributed by atoms with E-state index in [2.05, 4.69) is 6.58 Å². The summed E-state index contributed by atoms with van der Waals surface area (Å²) in [6.45, 7) is 9.40. The third-order valence-electron chi connectivity index (χ3n) is 1.38. The summed E-state index contributed by atoms with van der Waals surface area (Å²) in [5.74, 6) is -0.550. The van der Waals surface area contributed by atoms with E-state index in [1.165, 1.54) is 6.08 Å². The topological polar surface area (TPSA) is 69.1 Å². The van der Waals surface area contributed by atoms with Crippen molar-refractivity contribution in [3.8, 4) is 0 Å². The summed E-state index contributed by atoms with van der Waals surface area (Å²) in [4.78, 5) is 10.6. The molecule has 0 aliphatic rings. The third-order valence-corrected chi connectivity index (χ3v) is 1.38. The zero-order valence-corrected chi connectivity index (χ0v) is 9.16. The Balaban J connectivity index is 0. The Hall–Kier alpha value is -1.35. The van der Waals surface area contributed by atoms with Gasteiger partial charge in [0.1, 0.15) is 6.04 Å². The van der Waals surface area contributed by atoms with Crippen LogP contribution in [0.2, 0.25) is 0 Å². The lowest BCUT2D eigenvalue weighted by Gasteiger charge is -2.06. The number of hydrogen-bond donors (Lipinski definition) is 2. The number of primary amides is 1. The zero-order chi connectivity index (χ0) is 11.6. The van der Waals surface area contributed by atoms with Gasteiger partial charge in [-0.1, -0.05) is 44.7 Å². The molecule has 4 N–H and O–H groups in total. The maximum atomic E-state index is 10.6. The molecular formula is C11H20N2O. The second-order valence-electron chi connectivity index (χ2n) is 2.28. The number of hydrogen-bond acceptors (Lipinski definition) is 2. The molecule has 1 unspecified atom stereocenters. The number of carbonyl (C=O) groups is 1. The predicted octanol–water partition coefficient (Wildman–Crippen LogP) is 1.51. The molecule has 0 spiro atoms. The lowest BCUT2D eigenvalue weighted by Crippen LogP contribution is -2.37. The van der Waals surface area contributed by atoms with E-state index in [9.17, 15) is 4.79 Å². The molecule has 0 fully saturated rings. The van der Waals surface area contributed by atoms with Gasteiger partial charge < -0.3 is 11.5 Å². The predicted molar refractivity (Wildman–Crippen MR) is 61.6 cm³/mol. The molecular weight excluding hydrogens is 176 g/mol. The number of allylic oxidation sites excluding steroid dienone is 3. The first kappa shape index (κ1) is 15.1. The van der Waals surface area contributed by atoms with E-state index in [4.69, 9.17) is 11.5 Å². The van der Waals surface area contributed by atoms with Crippen LogP contribution in [0.15, 0.2) is 36.5 Å². The molecule has 80 valence electrons. The Morgan fingerprint density at radius 1 is 1.43 bits per heavy atom. The first-order chi connectivity index (χ1) is 6.63. The van der Waals surface area contributed by atoms with Crippen LogP contribution in [0, 0.1) is 0 Å². The molecule has 0 aromatic heterocycles. The largest absolute Gasteiger partial charge is 0.368 e. The highest BCUT2D eigenvalue weighted by molar-refractivity contribution is 5.83. The minimum Gasteiger partial charge on any atom is -0.368 e. The molecule has 0 aliphatic heterocycles. The van der Waals surface area contributed by atoms with Crippen molar-refractivity contribution < 1.29 is 4.79 Å². The van der Waals surface area contributed by atoms with Crippen molar-refractivity contribution in [2.75, 3.05) is 0 Å². The van der Waals surface area contributed by atoms with Gasteiger partial charge in [0.25, 0.3) is 0 Å². The van der Waals surface area contributed by atoms with Gasteiger partial charge in [0.15, 0.2) is 0 Å². The molecule has 0 radical (unpaired) electrons. The highest BCUT2D eigenvalue weighted by Gasteiger charge is 2.10. The Morgan fingerprint density at radius 3 is 2.21 bits per heavy atom. The van der Waals surface area contributed by atoms with E-state index in [-0.39, 0.29) is 0 Å². The third kappa shape index (κ3) is 6.20. The van der Waals surface area contributed by atoms with Gasteiger partial charge in [-0.2, -0.15) is 0 Å². The average molecular weight is 196 g/mol. The Kier molecular flexibility index (Phi) is 10.5. The first-order valence-electron chi connectivity index (χ1n) is 4.63. The SMILES string of the molecule is C=C/C(=C\C=C/C)C(N)C(N)=O.CC. The van der Waals surface area contributed by atoms with E-state index in [0.717, 1.165) is 0 Å². The second kappa shape index (κ2) is 9.74. The number of rotatable bonds is 4. The summed E-state index contributed by atoms with van der Waals surface area (Å²) in [5, 5.41) is 0. The summed E-state index contributed by atoms with van der Waals surface area (Å²) in [6, 6.07) is -0.765.